The molecule has 5 nitrogen and oxygen atoms in total. The highest BCUT2D eigenvalue weighted by atomic mass is 16.3. The molecule has 0 aliphatic heterocycles. The van der Waals surface area contributed by atoms with Crippen LogP contribution in [0.4, 0.5) is 17.1 Å². The van der Waals surface area contributed by atoms with E-state index in [2.05, 4.69) is 0 Å². The van der Waals surface area contributed by atoms with E-state index >= 15 is 0 Å². The molecule has 5 heteroatoms. The fraction of sp³-hybridized carbons (Fsp3) is 0. The Kier molecular flexibility index (Phi) is 6.30. The van der Waals surface area contributed by atoms with Gasteiger partial charge in [-0.05, 0) is 64.3 Å². The predicted molar refractivity (Wildman–Crippen MR) is 221 cm³/mol. The van der Waals surface area contributed by atoms with Crippen LogP contribution in [0.5, 0.6) is 0 Å². The van der Waals surface area contributed by atoms with Crippen molar-refractivity contribution >= 4 is 49.8 Å². The molecular weight excluding hydrogens is 661 g/mol. The van der Waals surface area contributed by atoms with Crippen LogP contribution in [0.3, 0.4) is 0 Å². The van der Waals surface area contributed by atoms with Crippen LogP contribution >= 0.6 is 0 Å². The highest BCUT2D eigenvalue weighted by Crippen LogP contribution is 2.42. The smallest absolute Gasteiger partial charge is 0.164 e. The number of benzene rings is 8. The Morgan fingerprint density at radius 3 is 1.70 bits per heavy atom. The zero-order valence-corrected chi connectivity index (χ0v) is 28.7. The molecule has 0 aliphatic carbocycles. The zero-order valence-electron chi connectivity index (χ0n) is 34.7. The lowest BCUT2D eigenvalue weighted by Crippen LogP contribution is -2.09. The first-order chi connectivity index (χ1) is 29.3. The average molecular weight is 699 g/mol. The van der Waals surface area contributed by atoms with Crippen molar-refractivity contribution in [3.05, 3.63) is 194 Å². The van der Waals surface area contributed by atoms with E-state index in [4.69, 9.17) is 22.1 Å². The summed E-state index contributed by atoms with van der Waals surface area (Å²) in [5.41, 5.74) is 4.70. The Bertz CT molecular complexity index is 3210. The van der Waals surface area contributed by atoms with Gasteiger partial charge in [-0.15, -0.1) is 0 Å². The van der Waals surface area contributed by atoms with Crippen LogP contribution in [0.25, 0.3) is 78.0 Å². The van der Waals surface area contributed by atoms with E-state index in [1.165, 1.54) is 0 Å². The molecule has 0 N–H and O–H groups in total. The molecule has 54 heavy (non-hydrogen) atoms. The third-order valence-corrected chi connectivity index (χ3v) is 9.43. The van der Waals surface area contributed by atoms with Crippen LogP contribution in [0.2, 0.25) is 0 Å². The Morgan fingerprint density at radius 2 is 1.02 bits per heavy atom. The molecule has 0 saturated heterocycles. The lowest BCUT2D eigenvalue weighted by atomic mass is 10.0. The van der Waals surface area contributed by atoms with E-state index in [-0.39, 0.29) is 69.2 Å². The molecule has 0 aliphatic rings. The standard InChI is InChI=1S/C49H32N4O/c1-4-13-33(14-5-1)35-23-26-39(27-24-35)53(40-28-25-34-15-10-11-20-38(34)31-40)41-29-30-42-45(32-41)54-44-22-12-21-43(46(42)44)49-51-47(36-16-6-2-7-17-36)50-48(52-49)37-18-8-3-9-19-37/h1-32H/i12D,21D,22D,29D,30D,32D. The molecule has 0 bridgehead atoms. The van der Waals surface area contributed by atoms with Crippen LogP contribution in [0.1, 0.15) is 8.22 Å². The van der Waals surface area contributed by atoms with E-state index in [1.54, 1.807) is 4.90 Å². The van der Waals surface area contributed by atoms with Gasteiger partial charge in [0.25, 0.3) is 0 Å². The maximum Gasteiger partial charge on any atom is 0.164 e. The van der Waals surface area contributed by atoms with Crippen molar-refractivity contribution in [1.82, 2.24) is 15.0 Å². The molecule has 0 saturated carbocycles. The Labute approximate surface area is 320 Å². The Hall–Kier alpha value is -7.37. The van der Waals surface area contributed by atoms with Gasteiger partial charge in [-0.2, -0.15) is 0 Å². The van der Waals surface area contributed by atoms with E-state index in [9.17, 15) is 5.48 Å². The summed E-state index contributed by atoms with van der Waals surface area (Å²) in [7, 11) is 0. The number of hydrogen-bond acceptors (Lipinski definition) is 5. The van der Waals surface area contributed by atoms with E-state index < -0.39 is 6.04 Å². The lowest BCUT2D eigenvalue weighted by Gasteiger charge is -2.26. The SMILES string of the molecule is [2H]c1c([2H])c(-c2nc(-c3ccccc3)nc(-c3ccccc3)n2)c2c(oc3c([2H])c(N(c4ccc(-c5ccccc5)cc4)c4ccc5ccccc5c4)c([2H])c([2H])c32)c1[2H]. The Morgan fingerprint density at radius 1 is 0.444 bits per heavy atom. The predicted octanol–water partition coefficient (Wildman–Crippen LogP) is 13.1. The summed E-state index contributed by atoms with van der Waals surface area (Å²) in [6.07, 6.45) is 0. The van der Waals surface area contributed by atoms with Crippen LogP contribution < -0.4 is 4.90 Å². The van der Waals surface area contributed by atoms with Crippen molar-refractivity contribution < 1.29 is 12.6 Å². The van der Waals surface area contributed by atoms with Crippen LogP contribution in [-0.2, 0) is 0 Å². The van der Waals surface area contributed by atoms with E-state index in [0.717, 1.165) is 21.9 Å². The highest BCUT2D eigenvalue weighted by molar-refractivity contribution is 6.12. The van der Waals surface area contributed by atoms with Crippen molar-refractivity contribution in [2.45, 2.75) is 0 Å². The van der Waals surface area contributed by atoms with Crippen LogP contribution in [-0.4, -0.2) is 15.0 Å². The molecule has 0 amide bonds. The largest absolute Gasteiger partial charge is 0.456 e. The van der Waals surface area contributed by atoms with Crippen molar-refractivity contribution in [3.63, 3.8) is 0 Å². The quantitative estimate of drug-likeness (QED) is 0.166. The van der Waals surface area contributed by atoms with Gasteiger partial charge < -0.3 is 9.32 Å². The number of anilines is 3. The molecule has 10 rings (SSSR count). The van der Waals surface area contributed by atoms with Gasteiger partial charge in [0.15, 0.2) is 17.5 Å². The minimum Gasteiger partial charge on any atom is -0.456 e. The molecule has 254 valence electrons. The normalized spacial score (nSPS) is 12.9. The number of furan rings is 1. The summed E-state index contributed by atoms with van der Waals surface area (Å²) in [5, 5.41) is 2.14. The van der Waals surface area contributed by atoms with Crippen molar-refractivity contribution in [2.24, 2.45) is 0 Å². The summed E-state index contributed by atoms with van der Waals surface area (Å²) in [5.74, 6) is 0.675. The van der Waals surface area contributed by atoms with Gasteiger partial charge in [-0.1, -0.05) is 146 Å². The molecule has 0 unspecified atom stereocenters. The Balaban J connectivity index is 1.24. The highest BCUT2D eigenvalue weighted by Gasteiger charge is 2.20. The fourth-order valence-corrected chi connectivity index (χ4v) is 6.80. The molecule has 0 spiro atoms. The number of fused-ring (bicyclic) bond motifs is 4. The number of rotatable bonds is 7. The van der Waals surface area contributed by atoms with Gasteiger partial charge in [-0.3, -0.25) is 0 Å². The second kappa shape index (κ2) is 13.3. The lowest BCUT2D eigenvalue weighted by molar-refractivity contribution is 0.669. The summed E-state index contributed by atoms with van der Waals surface area (Å²) >= 11 is 0. The molecule has 2 heterocycles. The first kappa shape index (κ1) is 25.6. The molecule has 0 fully saturated rings. The second-order valence-electron chi connectivity index (χ2n) is 12.8. The topological polar surface area (TPSA) is 55.1 Å². The zero-order chi connectivity index (χ0) is 41.1. The van der Waals surface area contributed by atoms with Gasteiger partial charge in [0.1, 0.15) is 11.2 Å². The first-order valence-corrected chi connectivity index (χ1v) is 17.5. The minimum atomic E-state index is -0.430. The molecule has 0 atom stereocenters. The van der Waals surface area contributed by atoms with Gasteiger partial charge in [0.05, 0.1) is 8.22 Å². The van der Waals surface area contributed by atoms with Crippen LogP contribution in [0.15, 0.2) is 198 Å². The molecule has 10 aromatic rings. The van der Waals surface area contributed by atoms with Crippen molar-refractivity contribution in [1.29, 1.82) is 0 Å². The first-order valence-electron chi connectivity index (χ1n) is 20.5. The molecule has 0 radical (unpaired) electrons. The number of nitrogens with zero attached hydrogens (tertiary/aromatic N) is 4. The summed E-state index contributed by atoms with van der Waals surface area (Å²) in [6.45, 7) is 0. The molecule has 8 aromatic carbocycles. The summed E-state index contributed by atoms with van der Waals surface area (Å²) in [4.78, 5) is 16.2. The maximum atomic E-state index is 9.79. The van der Waals surface area contributed by atoms with Gasteiger partial charge >= 0.3 is 0 Å². The third kappa shape index (κ3) is 5.74. The van der Waals surface area contributed by atoms with Gasteiger partial charge in [-0.25, -0.2) is 15.0 Å². The summed E-state index contributed by atoms with van der Waals surface area (Å²) < 4.78 is 62.7. The third-order valence-electron chi connectivity index (χ3n) is 9.43. The average Bonchev–Trinajstić information content (AvgIpc) is 3.70. The molecular formula is C49H32N4O. The fourth-order valence-electron chi connectivity index (χ4n) is 6.80. The van der Waals surface area contributed by atoms with Crippen molar-refractivity contribution in [2.75, 3.05) is 4.90 Å². The number of hydrogen-bond donors (Lipinski definition) is 0. The van der Waals surface area contributed by atoms with E-state index in [0.29, 0.717) is 34.2 Å². The van der Waals surface area contributed by atoms with Crippen LogP contribution in [0, 0.1) is 0 Å². The summed E-state index contributed by atoms with van der Waals surface area (Å²) in [6, 6.07) is 48.4. The van der Waals surface area contributed by atoms with Gasteiger partial charge in [0.2, 0.25) is 0 Å². The van der Waals surface area contributed by atoms with Crippen molar-refractivity contribution in [3.8, 4) is 45.3 Å². The monoisotopic (exact) mass is 698 g/mol. The number of aromatic nitrogens is 3. The van der Waals surface area contributed by atoms with Gasteiger partial charge in [0, 0.05) is 50.6 Å². The molecule has 2 aromatic heterocycles. The minimum absolute atomic E-state index is 0.0340. The van der Waals surface area contributed by atoms with E-state index in [1.807, 2.05) is 158 Å². The maximum absolute atomic E-state index is 9.79. The second-order valence-corrected chi connectivity index (χ2v) is 12.8.